The van der Waals surface area contributed by atoms with Crippen molar-refractivity contribution in [3.05, 3.63) is 16.7 Å². The summed E-state index contributed by atoms with van der Waals surface area (Å²) in [5.74, 6) is 0.200. The number of aromatic nitrogens is 1. The van der Waals surface area contributed by atoms with E-state index < -0.39 is 10.0 Å². The summed E-state index contributed by atoms with van der Waals surface area (Å²) >= 11 is 3.22. The minimum absolute atomic E-state index is 0.0180. The molecule has 0 radical (unpaired) electrons. The average molecular weight is 324 g/mol. The minimum atomic E-state index is -3.36. The molecule has 0 saturated carbocycles. The van der Waals surface area contributed by atoms with Crippen LogP contribution < -0.4 is 15.2 Å². The van der Waals surface area contributed by atoms with E-state index in [1.165, 1.54) is 6.20 Å². The SMILES string of the molecule is CCS(=O)(=O)Nc1cc(Br)cnc1OCCN. The third-order valence-electron chi connectivity index (χ3n) is 1.82. The summed E-state index contributed by atoms with van der Waals surface area (Å²) in [6.45, 7) is 2.15. The number of sulfonamides is 1. The molecule has 1 aromatic rings. The van der Waals surface area contributed by atoms with Gasteiger partial charge in [-0.3, -0.25) is 4.72 Å². The lowest BCUT2D eigenvalue weighted by molar-refractivity contribution is 0.317. The van der Waals surface area contributed by atoms with E-state index in [1.807, 2.05) is 0 Å². The molecular weight excluding hydrogens is 310 g/mol. The lowest BCUT2D eigenvalue weighted by Crippen LogP contribution is -2.17. The zero-order valence-electron chi connectivity index (χ0n) is 9.31. The predicted molar refractivity (Wildman–Crippen MR) is 69.6 cm³/mol. The molecule has 0 atom stereocenters. The van der Waals surface area contributed by atoms with E-state index in [0.29, 0.717) is 16.7 Å². The highest BCUT2D eigenvalue weighted by molar-refractivity contribution is 9.10. The Kier molecular flexibility index (Phi) is 5.16. The van der Waals surface area contributed by atoms with E-state index in [-0.39, 0.29) is 18.2 Å². The zero-order chi connectivity index (χ0) is 12.9. The highest BCUT2D eigenvalue weighted by Crippen LogP contribution is 2.26. The number of pyridine rings is 1. The molecule has 0 spiro atoms. The fourth-order valence-corrected chi connectivity index (χ4v) is 1.97. The molecule has 0 bridgehead atoms. The van der Waals surface area contributed by atoms with Crippen molar-refractivity contribution in [2.24, 2.45) is 5.73 Å². The number of rotatable bonds is 6. The number of anilines is 1. The third-order valence-corrected chi connectivity index (χ3v) is 3.54. The molecule has 0 aliphatic carbocycles. The fourth-order valence-electron chi connectivity index (χ4n) is 1.01. The summed E-state index contributed by atoms with van der Waals surface area (Å²) in [6, 6.07) is 1.59. The Hall–Kier alpha value is -0.860. The molecule has 3 N–H and O–H groups in total. The van der Waals surface area contributed by atoms with Gasteiger partial charge in [0.2, 0.25) is 15.9 Å². The first-order chi connectivity index (χ1) is 7.98. The normalized spacial score (nSPS) is 11.2. The molecule has 1 aromatic heterocycles. The van der Waals surface area contributed by atoms with Gasteiger partial charge in [0.1, 0.15) is 12.3 Å². The Labute approximate surface area is 109 Å². The lowest BCUT2D eigenvalue weighted by atomic mass is 10.4. The van der Waals surface area contributed by atoms with Crippen LogP contribution >= 0.6 is 15.9 Å². The first kappa shape index (κ1) is 14.2. The molecule has 0 unspecified atom stereocenters. The minimum Gasteiger partial charge on any atom is -0.475 e. The van der Waals surface area contributed by atoms with E-state index in [0.717, 1.165) is 0 Å². The van der Waals surface area contributed by atoms with Crippen LogP contribution in [-0.4, -0.2) is 32.3 Å². The fraction of sp³-hybridized carbons (Fsp3) is 0.444. The molecule has 0 fully saturated rings. The second-order valence-corrected chi connectivity index (χ2v) is 6.08. The van der Waals surface area contributed by atoms with Crippen LogP contribution in [0.5, 0.6) is 5.88 Å². The van der Waals surface area contributed by atoms with Crippen LogP contribution in [0, 0.1) is 0 Å². The summed E-state index contributed by atoms with van der Waals surface area (Å²) in [5, 5.41) is 0. The highest BCUT2D eigenvalue weighted by atomic mass is 79.9. The number of nitrogens with zero attached hydrogens (tertiary/aromatic N) is 1. The molecule has 17 heavy (non-hydrogen) atoms. The average Bonchev–Trinajstić information content (AvgIpc) is 2.28. The van der Waals surface area contributed by atoms with Crippen molar-refractivity contribution < 1.29 is 13.2 Å². The summed E-state index contributed by atoms with van der Waals surface area (Å²) in [7, 11) is -3.36. The smallest absolute Gasteiger partial charge is 0.238 e. The van der Waals surface area contributed by atoms with Crippen LogP contribution in [0.15, 0.2) is 16.7 Å². The van der Waals surface area contributed by atoms with Crippen LogP contribution in [-0.2, 0) is 10.0 Å². The van der Waals surface area contributed by atoms with Gasteiger partial charge in [0.05, 0.1) is 5.75 Å². The molecular formula is C9H14BrN3O3S. The third kappa shape index (κ3) is 4.49. The van der Waals surface area contributed by atoms with Gasteiger partial charge in [-0.1, -0.05) is 0 Å². The number of hydrogen-bond donors (Lipinski definition) is 2. The number of ether oxygens (including phenoxy) is 1. The standard InChI is InChI=1S/C9H14BrN3O3S/c1-2-17(14,15)13-8-5-7(10)6-12-9(8)16-4-3-11/h5-6,13H,2-4,11H2,1H3. The van der Waals surface area contributed by atoms with Gasteiger partial charge in [0.25, 0.3) is 0 Å². The Bertz CT molecular complexity index is 478. The summed E-state index contributed by atoms with van der Waals surface area (Å²) in [4.78, 5) is 3.98. The van der Waals surface area contributed by atoms with Gasteiger partial charge in [-0.25, -0.2) is 13.4 Å². The molecule has 1 rings (SSSR count). The van der Waals surface area contributed by atoms with Gasteiger partial charge in [0, 0.05) is 17.2 Å². The maximum absolute atomic E-state index is 11.5. The van der Waals surface area contributed by atoms with E-state index in [4.69, 9.17) is 10.5 Å². The topological polar surface area (TPSA) is 94.3 Å². The van der Waals surface area contributed by atoms with Gasteiger partial charge in [-0.05, 0) is 28.9 Å². The molecule has 8 heteroatoms. The number of hydrogen-bond acceptors (Lipinski definition) is 5. The second kappa shape index (κ2) is 6.18. The Morgan fingerprint density at radius 2 is 2.29 bits per heavy atom. The monoisotopic (exact) mass is 323 g/mol. The Morgan fingerprint density at radius 1 is 1.59 bits per heavy atom. The first-order valence-electron chi connectivity index (χ1n) is 4.97. The number of halogens is 1. The van der Waals surface area contributed by atoms with Crippen LogP contribution in [0.2, 0.25) is 0 Å². The van der Waals surface area contributed by atoms with E-state index in [1.54, 1.807) is 13.0 Å². The zero-order valence-corrected chi connectivity index (χ0v) is 11.7. The predicted octanol–water partition coefficient (Wildman–Crippen LogP) is 0.943. The molecule has 0 amide bonds. The van der Waals surface area contributed by atoms with E-state index in [9.17, 15) is 8.42 Å². The van der Waals surface area contributed by atoms with Crippen LogP contribution in [0.1, 0.15) is 6.92 Å². The Balaban J connectivity index is 2.98. The highest BCUT2D eigenvalue weighted by Gasteiger charge is 2.13. The van der Waals surface area contributed by atoms with Crippen molar-refractivity contribution in [3.63, 3.8) is 0 Å². The van der Waals surface area contributed by atoms with E-state index in [2.05, 4.69) is 25.6 Å². The van der Waals surface area contributed by atoms with Gasteiger partial charge < -0.3 is 10.5 Å². The Morgan fingerprint density at radius 3 is 2.88 bits per heavy atom. The van der Waals surface area contributed by atoms with Crippen molar-refractivity contribution >= 4 is 31.6 Å². The van der Waals surface area contributed by atoms with Crippen molar-refractivity contribution in [2.45, 2.75) is 6.92 Å². The molecule has 1 heterocycles. The van der Waals surface area contributed by atoms with Crippen molar-refractivity contribution in [1.82, 2.24) is 4.98 Å². The summed E-state index contributed by atoms with van der Waals surface area (Å²) < 4.78 is 31.2. The number of nitrogens with two attached hydrogens (primary N) is 1. The van der Waals surface area contributed by atoms with Crippen molar-refractivity contribution in [2.75, 3.05) is 23.6 Å². The van der Waals surface area contributed by atoms with Gasteiger partial charge in [0.15, 0.2) is 0 Å². The van der Waals surface area contributed by atoms with Gasteiger partial charge >= 0.3 is 0 Å². The van der Waals surface area contributed by atoms with Crippen molar-refractivity contribution in [3.8, 4) is 5.88 Å². The molecule has 0 aliphatic heterocycles. The summed E-state index contributed by atoms with van der Waals surface area (Å²) in [5.41, 5.74) is 5.61. The quantitative estimate of drug-likeness (QED) is 0.812. The summed E-state index contributed by atoms with van der Waals surface area (Å²) in [6.07, 6.45) is 1.52. The first-order valence-corrected chi connectivity index (χ1v) is 7.42. The van der Waals surface area contributed by atoms with E-state index >= 15 is 0 Å². The largest absolute Gasteiger partial charge is 0.475 e. The lowest BCUT2D eigenvalue weighted by Gasteiger charge is -2.11. The molecule has 6 nitrogen and oxygen atoms in total. The molecule has 0 saturated heterocycles. The van der Waals surface area contributed by atoms with Crippen LogP contribution in [0.25, 0.3) is 0 Å². The number of nitrogens with one attached hydrogen (secondary N) is 1. The van der Waals surface area contributed by atoms with Gasteiger partial charge in [-0.15, -0.1) is 0 Å². The molecule has 0 aromatic carbocycles. The molecule has 0 aliphatic rings. The van der Waals surface area contributed by atoms with Gasteiger partial charge in [-0.2, -0.15) is 0 Å². The maximum atomic E-state index is 11.5. The second-order valence-electron chi connectivity index (χ2n) is 3.15. The van der Waals surface area contributed by atoms with Crippen molar-refractivity contribution in [1.29, 1.82) is 0 Å². The van der Waals surface area contributed by atoms with Crippen LogP contribution in [0.3, 0.4) is 0 Å². The van der Waals surface area contributed by atoms with Crippen LogP contribution in [0.4, 0.5) is 5.69 Å². The maximum Gasteiger partial charge on any atom is 0.238 e. The molecule has 96 valence electrons.